The standard InChI is InChI=1S/C23H20F3N3O3/c1-3-15(9-10-27-2)31-16-7-8-18-17(12-16)19-20(21(19)32-18)29-22(30)28-14-6-4-5-13(11-14)23(24,25)26/h3-12,19-21H,1H2,2H3,(H2,28,29,30). The second kappa shape index (κ2) is 8.41. The summed E-state index contributed by atoms with van der Waals surface area (Å²) >= 11 is 0. The first-order valence-electron chi connectivity index (χ1n) is 9.78. The van der Waals surface area contributed by atoms with E-state index in [-0.39, 0.29) is 23.8 Å². The molecule has 1 saturated carbocycles. The van der Waals surface area contributed by atoms with Gasteiger partial charge < -0.3 is 20.1 Å². The highest BCUT2D eigenvalue weighted by atomic mass is 19.4. The Kier molecular flexibility index (Phi) is 5.65. The van der Waals surface area contributed by atoms with Crippen molar-refractivity contribution in [3.63, 3.8) is 0 Å². The molecular weight excluding hydrogens is 423 g/mol. The maximum atomic E-state index is 12.8. The van der Waals surface area contributed by atoms with Crippen LogP contribution >= 0.6 is 0 Å². The van der Waals surface area contributed by atoms with Crippen molar-refractivity contribution < 1.29 is 27.4 Å². The Labute approximate surface area is 182 Å². The minimum atomic E-state index is -4.48. The normalized spacial score (nSPS) is 21.4. The number of alkyl halides is 3. The van der Waals surface area contributed by atoms with Crippen LogP contribution in [-0.2, 0) is 6.18 Å². The van der Waals surface area contributed by atoms with Crippen molar-refractivity contribution in [1.29, 1.82) is 0 Å². The molecule has 0 saturated heterocycles. The van der Waals surface area contributed by atoms with Crippen LogP contribution < -0.4 is 20.1 Å². The number of carbonyl (C=O) groups is 1. The quantitative estimate of drug-likeness (QED) is 0.379. The number of urea groups is 1. The highest BCUT2D eigenvalue weighted by molar-refractivity contribution is 5.90. The van der Waals surface area contributed by atoms with E-state index in [9.17, 15) is 18.0 Å². The number of ether oxygens (including phenoxy) is 2. The molecule has 9 heteroatoms. The lowest BCUT2D eigenvalue weighted by atomic mass is 10.1. The van der Waals surface area contributed by atoms with E-state index in [1.807, 2.05) is 6.07 Å². The number of nitrogens with one attached hydrogen (secondary N) is 2. The van der Waals surface area contributed by atoms with Crippen molar-refractivity contribution in [1.82, 2.24) is 5.32 Å². The second-order valence-corrected chi connectivity index (χ2v) is 7.29. The van der Waals surface area contributed by atoms with E-state index in [1.54, 1.807) is 37.5 Å². The molecular formula is C23H20F3N3O3. The van der Waals surface area contributed by atoms with Crippen molar-refractivity contribution in [2.24, 2.45) is 4.99 Å². The van der Waals surface area contributed by atoms with Crippen molar-refractivity contribution in [2.75, 3.05) is 12.4 Å². The lowest BCUT2D eigenvalue weighted by molar-refractivity contribution is -0.137. The first-order chi connectivity index (χ1) is 15.3. The summed E-state index contributed by atoms with van der Waals surface area (Å²) in [6.07, 6.45) is 0.123. The predicted molar refractivity (Wildman–Crippen MR) is 114 cm³/mol. The maximum absolute atomic E-state index is 12.8. The van der Waals surface area contributed by atoms with Crippen LogP contribution in [0.25, 0.3) is 0 Å². The Balaban J connectivity index is 1.40. The van der Waals surface area contributed by atoms with Gasteiger partial charge in [0.05, 0.1) is 17.5 Å². The Morgan fingerprint density at radius 3 is 2.78 bits per heavy atom. The van der Waals surface area contributed by atoms with E-state index in [4.69, 9.17) is 9.47 Å². The number of allylic oxidation sites excluding steroid dienone is 2. The van der Waals surface area contributed by atoms with Crippen LogP contribution in [0, 0.1) is 0 Å². The Morgan fingerprint density at radius 1 is 1.25 bits per heavy atom. The van der Waals surface area contributed by atoms with Crippen LogP contribution in [0.2, 0.25) is 0 Å². The first kappa shape index (κ1) is 21.5. The van der Waals surface area contributed by atoms with Gasteiger partial charge in [-0.3, -0.25) is 4.99 Å². The highest BCUT2D eigenvalue weighted by Crippen LogP contribution is 2.54. The fourth-order valence-electron chi connectivity index (χ4n) is 3.60. The van der Waals surface area contributed by atoms with Crippen molar-refractivity contribution in [3.05, 3.63) is 78.1 Å². The van der Waals surface area contributed by atoms with Gasteiger partial charge in [0.15, 0.2) is 0 Å². The molecule has 2 aromatic rings. The zero-order valence-electron chi connectivity index (χ0n) is 17.0. The van der Waals surface area contributed by atoms with E-state index < -0.39 is 17.8 Å². The number of hydrogen-bond donors (Lipinski definition) is 2. The fraction of sp³-hybridized carbons (Fsp3) is 0.217. The smallest absolute Gasteiger partial charge is 0.416 e. The molecule has 1 fully saturated rings. The SMILES string of the molecule is C=CC(=CC=NC)Oc1ccc2c(c1)C1C(NC(=O)Nc3cccc(C(F)(F)F)c3)C1O2. The molecule has 0 aromatic heterocycles. The molecule has 3 atom stereocenters. The molecule has 0 bridgehead atoms. The maximum Gasteiger partial charge on any atom is 0.416 e. The number of hydrogen-bond acceptors (Lipinski definition) is 4. The molecule has 2 aromatic carbocycles. The summed E-state index contributed by atoms with van der Waals surface area (Å²) in [7, 11) is 1.65. The summed E-state index contributed by atoms with van der Waals surface area (Å²) in [5.74, 6) is 1.76. The Morgan fingerprint density at radius 2 is 2.06 bits per heavy atom. The number of anilines is 1. The lowest BCUT2D eigenvalue weighted by Crippen LogP contribution is -2.34. The van der Waals surface area contributed by atoms with Gasteiger partial charge in [-0.1, -0.05) is 12.6 Å². The Bertz CT molecular complexity index is 1110. The summed E-state index contributed by atoms with van der Waals surface area (Å²) in [6.45, 7) is 3.71. The van der Waals surface area contributed by atoms with E-state index in [1.165, 1.54) is 12.1 Å². The summed E-state index contributed by atoms with van der Waals surface area (Å²) < 4.78 is 50.2. The first-order valence-corrected chi connectivity index (χ1v) is 9.78. The molecule has 2 aliphatic rings. The number of carbonyl (C=O) groups excluding carboxylic acids is 1. The van der Waals surface area contributed by atoms with Gasteiger partial charge in [0, 0.05) is 24.5 Å². The van der Waals surface area contributed by atoms with Gasteiger partial charge in [0.1, 0.15) is 23.4 Å². The summed E-state index contributed by atoms with van der Waals surface area (Å²) in [5, 5.41) is 5.20. The second-order valence-electron chi connectivity index (χ2n) is 7.29. The van der Waals surface area contributed by atoms with E-state index in [0.29, 0.717) is 17.3 Å². The zero-order valence-corrected chi connectivity index (χ0v) is 17.0. The van der Waals surface area contributed by atoms with Gasteiger partial charge in [0.2, 0.25) is 0 Å². The van der Waals surface area contributed by atoms with Gasteiger partial charge in [0.25, 0.3) is 0 Å². The van der Waals surface area contributed by atoms with Crippen LogP contribution in [0.5, 0.6) is 11.5 Å². The molecule has 1 aliphatic carbocycles. The predicted octanol–water partition coefficient (Wildman–Crippen LogP) is 4.90. The number of fused-ring (bicyclic) bond motifs is 3. The molecule has 166 valence electrons. The molecule has 3 unspecified atom stereocenters. The van der Waals surface area contributed by atoms with Gasteiger partial charge in [-0.25, -0.2) is 4.79 Å². The van der Waals surface area contributed by atoms with Crippen LogP contribution in [-0.4, -0.2) is 31.4 Å². The van der Waals surface area contributed by atoms with Crippen molar-refractivity contribution in [2.45, 2.75) is 24.2 Å². The summed E-state index contributed by atoms with van der Waals surface area (Å²) in [6, 6.07) is 8.99. The third-order valence-corrected chi connectivity index (χ3v) is 5.13. The molecule has 1 aliphatic heterocycles. The number of nitrogens with zero attached hydrogens (tertiary/aromatic N) is 1. The van der Waals surface area contributed by atoms with Gasteiger partial charge in [-0.2, -0.15) is 13.2 Å². The minimum absolute atomic E-state index is 0.0551. The van der Waals surface area contributed by atoms with E-state index in [2.05, 4.69) is 22.2 Å². The minimum Gasteiger partial charge on any atom is -0.487 e. The van der Waals surface area contributed by atoms with Gasteiger partial charge in [-0.05, 0) is 48.6 Å². The molecule has 0 spiro atoms. The van der Waals surface area contributed by atoms with Crippen LogP contribution in [0.15, 0.2) is 71.9 Å². The molecule has 2 N–H and O–H groups in total. The number of amides is 2. The highest BCUT2D eigenvalue weighted by Gasteiger charge is 2.59. The zero-order chi connectivity index (χ0) is 22.9. The fourth-order valence-corrected chi connectivity index (χ4v) is 3.60. The van der Waals surface area contributed by atoms with E-state index in [0.717, 1.165) is 17.7 Å². The average Bonchev–Trinajstić information content (AvgIpc) is 3.26. The molecule has 0 radical (unpaired) electrons. The van der Waals surface area contributed by atoms with Gasteiger partial charge >= 0.3 is 12.2 Å². The monoisotopic (exact) mass is 443 g/mol. The van der Waals surface area contributed by atoms with E-state index >= 15 is 0 Å². The molecule has 6 nitrogen and oxygen atoms in total. The lowest BCUT2D eigenvalue weighted by Gasteiger charge is -2.13. The van der Waals surface area contributed by atoms with Crippen molar-refractivity contribution in [3.8, 4) is 11.5 Å². The molecule has 4 rings (SSSR count). The third kappa shape index (κ3) is 4.46. The number of aliphatic imine (C=N–C) groups is 1. The largest absolute Gasteiger partial charge is 0.487 e. The summed E-state index contributed by atoms with van der Waals surface area (Å²) in [5.41, 5.74) is 0.116. The van der Waals surface area contributed by atoms with Crippen LogP contribution in [0.1, 0.15) is 17.0 Å². The third-order valence-electron chi connectivity index (χ3n) is 5.13. The molecule has 2 amide bonds. The summed E-state index contributed by atoms with van der Waals surface area (Å²) in [4.78, 5) is 16.2. The topological polar surface area (TPSA) is 72.0 Å². The van der Waals surface area contributed by atoms with Gasteiger partial charge in [-0.15, -0.1) is 0 Å². The molecule has 1 heterocycles. The Hall–Kier alpha value is -3.75. The number of rotatable bonds is 6. The number of benzene rings is 2. The number of halogens is 3. The van der Waals surface area contributed by atoms with Crippen LogP contribution in [0.3, 0.4) is 0 Å². The van der Waals surface area contributed by atoms with Crippen molar-refractivity contribution >= 4 is 17.9 Å². The molecule has 32 heavy (non-hydrogen) atoms. The van der Waals surface area contributed by atoms with Crippen LogP contribution in [0.4, 0.5) is 23.7 Å². The average molecular weight is 443 g/mol.